The van der Waals surface area contributed by atoms with Gasteiger partial charge in [0.1, 0.15) is 6.67 Å². The number of nitrogens with zero attached hydrogens (tertiary/aromatic N) is 2. The van der Waals surface area contributed by atoms with Gasteiger partial charge in [0.25, 0.3) is 0 Å². The minimum atomic E-state index is -5.12. The van der Waals surface area contributed by atoms with E-state index in [0.29, 0.717) is 23.2 Å². The molecule has 0 spiro atoms. The summed E-state index contributed by atoms with van der Waals surface area (Å²) < 4.78 is 39.9. The first-order valence-corrected chi connectivity index (χ1v) is 10.2. The van der Waals surface area contributed by atoms with Gasteiger partial charge in [-0.3, -0.25) is 24.2 Å². The molecule has 5 aliphatic rings. The first-order chi connectivity index (χ1) is 14.2. The van der Waals surface area contributed by atoms with Crippen molar-refractivity contribution in [2.75, 3.05) is 11.6 Å². The van der Waals surface area contributed by atoms with Crippen LogP contribution in [0.15, 0.2) is 36.4 Å². The summed E-state index contributed by atoms with van der Waals surface area (Å²) in [6, 6.07) is 6.11. The lowest BCUT2D eigenvalue weighted by Crippen LogP contribution is -2.49. The van der Waals surface area contributed by atoms with Gasteiger partial charge in [-0.05, 0) is 54.2 Å². The lowest BCUT2D eigenvalue weighted by atomic mass is 9.63. The Balaban J connectivity index is 1.45. The number of amides is 3. The average molecular weight is 418 g/mol. The highest BCUT2D eigenvalue weighted by atomic mass is 19.4. The van der Waals surface area contributed by atoms with Crippen LogP contribution in [0.3, 0.4) is 0 Å². The van der Waals surface area contributed by atoms with E-state index in [1.165, 1.54) is 12.1 Å². The molecule has 3 amide bonds. The second-order valence-electron chi connectivity index (χ2n) is 8.65. The van der Waals surface area contributed by atoms with E-state index in [2.05, 4.69) is 0 Å². The molecule has 2 saturated carbocycles. The summed E-state index contributed by atoms with van der Waals surface area (Å²) in [5, 5.41) is 0. The van der Waals surface area contributed by atoms with Crippen molar-refractivity contribution < 1.29 is 27.6 Å². The van der Waals surface area contributed by atoms with Crippen LogP contribution >= 0.6 is 0 Å². The van der Waals surface area contributed by atoms with Crippen molar-refractivity contribution in [1.29, 1.82) is 0 Å². The lowest BCUT2D eigenvalue weighted by molar-refractivity contribution is -0.171. The third-order valence-electron chi connectivity index (χ3n) is 7.18. The number of aryl methyl sites for hydroxylation is 1. The molecule has 6 atom stereocenters. The molecule has 8 heteroatoms. The Morgan fingerprint density at radius 1 is 1.03 bits per heavy atom. The monoisotopic (exact) mass is 418 g/mol. The van der Waals surface area contributed by atoms with Crippen molar-refractivity contribution in [2.24, 2.45) is 35.5 Å². The molecule has 30 heavy (non-hydrogen) atoms. The van der Waals surface area contributed by atoms with Gasteiger partial charge in [0.15, 0.2) is 0 Å². The maximum Gasteiger partial charge on any atom is 0.471 e. The van der Waals surface area contributed by atoms with Crippen molar-refractivity contribution >= 4 is 23.4 Å². The highest BCUT2D eigenvalue weighted by Gasteiger charge is 2.67. The molecule has 0 radical (unpaired) electrons. The van der Waals surface area contributed by atoms with Crippen LogP contribution in [0.25, 0.3) is 0 Å². The first-order valence-electron chi connectivity index (χ1n) is 10.2. The van der Waals surface area contributed by atoms with E-state index in [0.717, 1.165) is 16.9 Å². The molecule has 6 rings (SSSR count). The highest BCUT2D eigenvalue weighted by Crippen LogP contribution is 2.65. The molecule has 4 aliphatic carbocycles. The van der Waals surface area contributed by atoms with Gasteiger partial charge in [-0.25, -0.2) is 0 Å². The molecular weight excluding hydrogens is 397 g/mol. The van der Waals surface area contributed by atoms with Crippen LogP contribution in [0.5, 0.6) is 0 Å². The van der Waals surface area contributed by atoms with Crippen molar-refractivity contribution in [2.45, 2.75) is 25.9 Å². The third kappa shape index (κ3) is 2.72. The second-order valence-corrected chi connectivity index (χ2v) is 8.65. The number of allylic oxidation sites excluding steroid dienone is 2. The third-order valence-corrected chi connectivity index (χ3v) is 7.18. The first kappa shape index (κ1) is 19.3. The second kappa shape index (κ2) is 6.43. The summed E-state index contributed by atoms with van der Waals surface area (Å²) in [7, 11) is 0. The number of alkyl halides is 3. The molecule has 1 aromatic carbocycles. The van der Waals surface area contributed by atoms with Gasteiger partial charge in [0, 0.05) is 5.69 Å². The van der Waals surface area contributed by atoms with Crippen LogP contribution in [-0.2, 0) is 20.8 Å². The molecule has 1 saturated heterocycles. The van der Waals surface area contributed by atoms with Crippen LogP contribution in [0, 0.1) is 35.5 Å². The van der Waals surface area contributed by atoms with Crippen LogP contribution in [-0.4, -0.2) is 35.5 Å². The number of benzene rings is 1. The van der Waals surface area contributed by atoms with Crippen LogP contribution in [0.2, 0.25) is 0 Å². The molecule has 2 bridgehead atoms. The van der Waals surface area contributed by atoms with E-state index in [4.69, 9.17) is 0 Å². The number of hydrogen-bond acceptors (Lipinski definition) is 3. The number of rotatable bonds is 4. The summed E-state index contributed by atoms with van der Waals surface area (Å²) in [5.41, 5.74) is 0.910. The summed E-state index contributed by atoms with van der Waals surface area (Å²) in [5.74, 6) is -3.29. The van der Waals surface area contributed by atoms with Gasteiger partial charge in [-0.15, -0.1) is 0 Å². The molecule has 1 heterocycles. The summed E-state index contributed by atoms with van der Waals surface area (Å²) in [6.07, 6.45) is 0.564. The van der Waals surface area contributed by atoms with Gasteiger partial charge < -0.3 is 0 Å². The fourth-order valence-corrected chi connectivity index (χ4v) is 5.63. The van der Waals surface area contributed by atoms with Gasteiger partial charge in [-0.1, -0.05) is 31.2 Å². The van der Waals surface area contributed by atoms with E-state index in [1.54, 1.807) is 12.1 Å². The molecule has 1 aromatic rings. The predicted molar refractivity (Wildman–Crippen MR) is 101 cm³/mol. The Hall–Kier alpha value is -2.64. The zero-order valence-electron chi connectivity index (χ0n) is 16.3. The standard InChI is InChI=1S/C22H21F3N2O3/c1-2-11-3-5-12(6-4-11)26(21(30)22(23,24)25)10-27-19(28)17-13-7-8-14(16-9-15(13)16)18(17)20(27)29/h3-8,13-18H,2,9-10H2,1H3/t13-,14-,15-,16+,17+,18+/m0/s1. The fraction of sp³-hybridized carbons (Fsp3) is 0.500. The van der Waals surface area contributed by atoms with Crippen LogP contribution in [0.1, 0.15) is 18.9 Å². The van der Waals surface area contributed by atoms with E-state index in [-0.39, 0.29) is 17.5 Å². The van der Waals surface area contributed by atoms with Crippen LogP contribution < -0.4 is 4.90 Å². The van der Waals surface area contributed by atoms with E-state index >= 15 is 0 Å². The Morgan fingerprint density at radius 3 is 2.03 bits per heavy atom. The lowest BCUT2D eigenvalue weighted by Gasteiger charge is -2.37. The molecule has 5 nitrogen and oxygen atoms in total. The average Bonchev–Trinajstić information content (AvgIpc) is 3.51. The van der Waals surface area contributed by atoms with E-state index in [9.17, 15) is 27.6 Å². The summed E-state index contributed by atoms with van der Waals surface area (Å²) >= 11 is 0. The number of carbonyl (C=O) groups is 3. The Kier molecular flexibility index (Phi) is 4.14. The number of imide groups is 1. The minimum absolute atomic E-state index is 0.00828. The Morgan fingerprint density at radius 2 is 1.57 bits per heavy atom. The van der Waals surface area contributed by atoms with Gasteiger partial charge >= 0.3 is 12.1 Å². The van der Waals surface area contributed by atoms with Gasteiger partial charge in [0.05, 0.1) is 11.8 Å². The number of halogens is 3. The van der Waals surface area contributed by atoms with Crippen molar-refractivity contribution in [3.05, 3.63) is 42.0 Å². The maximum atomic E-state index is 13.3. The van der Waals surface area contributed by atoms with Gasteiger partial charge in [0.2, 0.25) is 11.8 Å². The number of anilines is 1. The molecule has 0 N–H and O–H groups in total. The summed E-state index contributed by atoms with van der Waals surface area (Å²) in [6.45, 7) is 1.19. The van der Waals surface area contributed by atoms with Crippen molar-refractivity contribution in [3.63, 3.8) is 0 Å². The molecule has 158 valence electrons. The SMILES string of the molecule is CCc1ccc(N(CN2C(=O)[C@@H]3[C@H]4C=C[C@@H]([C@@H]5C[C@H]45)[C@H]3C2=O)C(=O)C(F)(F)F)cc1. The normalized spacial score (nSPS) is 33.5. The fourth-order valence-electron chi connectivity index (χ4n) is 5.63. The molecule has 0 aromatic heterocycles. The van der Waals surface area contributed by atoms with Crippen molar-refractivity contribution in [1.82, 2.24) is 4.90 Å². The topological polar surface area (TPSA) is 57.7 Å². The smallest absolute Gasteiger partial charge is 0.286 e. The van der Waals surface area contributed by atoms with Crippen LogP contribution in [0.4, 0.5) is 18.9 Å². The van der Waals surface area contributed by atoms with E-state index < -0.39 is 42.4 Å². The Labute approximate surface area is 171 Å². The molecule has 3 fully saturated rings. The van der Waals surface area contributed by atoms with E-state index in [1.807, 2.05) is 19.1 Å². The quantitative estimate of drug-likeness (QED) is 0.558. The number of carbonyl (C=O) groups excluding carboxylic acids is 3. The molecule has 1 aliphatic heterocycles. The Bertz CT molecular complexity index is 919. The molecular formula is C22H21F3N2O3. The number of hydrogen-bond donors (Lipinski definition) is 0. The number of likely N-dealkylation sites (tertiary alicyclic amines) is 1. The predicted octanol–water partition coefficient (Wildman–Crippen LogP) is 3.15. The largest absolute Gasteiger partial charge is 0.471 e. The molecule has 0 unspecified atom stereocenters. The zero-order chi connectivity index (χ0) is 21.4. The summed E-state index contributed by atoms with van der Waals surface area (Å²) in [4.78, 5) is 39.7. The maximum absolute atomic E-state index is 13.3. The highest BCUT2D eigenvalue weighted by molar-refractivity contribution is 6.07. The minimum Gasteiger partial charge on any atom is -0.286 e. The van der Waals surface area contributed by atoms with Crippen molar-refractivity contribution in [3.8, 4) is 0 Å². The zero-order valence-corrected chi connectivity index (χ0v) is 16.3. The van der Waals surface area contributed by atoms with Gasteiger partial charge in [-0.2, -0.15) is 13.2 Å².